The van der Waals surface area contributed by atoms with E-state index in [1.165, 1.54) is 19.4 Å². The lowest BCUT2D eigenvalue weighted by molar-refractivity contribution is -0.120. The number of amides is 3. The third-order valence-electron chi connectivity index (χ3n) is 5.80. The Hall–Kier alpha value is -5.07. The van der Waals surface area contributed by atoms with Crippen molar-refractivity contribution in [2.75, 3.05) is 19.0 Å². The van der Waals surface area contributed by atoms with Crippen LogP contribution in [-0.4, -0.2) is 60.7 Å². The molecule has 3 aromatic heterocycles. The average molecular weight is 532 g/mol. The van der Waals surface area contributed by atoms with Crippen LogP contribution in [0.2, 0.25) is 0 Å². The standard InChI is InChI=1S/C26H29N9O4/c1-4-35-20(11-16(2)33-35)25(38)32-26-31-19-12-17(24(27)37)13-21(39-3)23(19)34(26)10-6-5-7-30-22(36)14-18-15-28-8-9-29-18/h5-6,8-9,11-13,15H,4,7,10,14H2,1-3H3,(H2,27,37)(H,30,36)(H,31,32,38)/b6-5+. The summed E-state index contributed by atoms with van der Waals surface area (Å²) in [5.41, 5.74) is 8.38. The molecule has 0 saturated carbocycles. The smallest absolute Gasteiger partial charge is 0.276 e. The van der Waals surface area contributed by atoms with Gasteiger partial charge in [0.1, 0.15) is 17.0 Å². The van der Waals surface area contributed by atoms with Crippen molar-refractivity contribution in [1.82, 2.24) is 34.6 Å². The van der Waals surface area contributed by atoms with Crippen molar-refractivity contribution in [1.29, 1.82) is 0 Å². The van der Waals surface area contributed by atoms with Gasteiger partial charge >= 0.3 is 0 Å². The lowest BCUT2D eigenvalue weighted by Crippen LogP contribution is -2.25. The Labute approximate surface area is 224 Å². The van der Waals surface area contributed by atoms with E-state index in [-0.39, 0.29) is 42.8 Å². The molecule has 0 unspecified atom stereocenters. The summed E-state index contributed by atoms with van der Waals surface area (Å²) < 4.78 is 8.88. The fraction of sp³-hybridized carbons (Fsp3) is 0.269. The highest BCUT2D eigenvalue weighted by Gasteiger charge is 2.21. The minimum absolute atomic E-state index is 0.122. The highest BCUT2D eigenvalue weighted by molar-refractivity contribution is 6.04. The second-order valence-corrected chi connectivity index (χ2v) is 8.55. The zero-order chi connectivity index (χ0) is 27.9. The number of carbonyl (C=O) groups is 3. The average Bonchev–Trinajstić information content (AvgIpc) is 3.47. The minimum Gasteiger partial charge on any atom is -0.494 e. The van der Waals surface area contributed by atoms with Crippen LogP contribution in [-0.2, 0) is 24.3 Å². The fourth-order valence-electron chi connectivity index (χ4n) is 4.02. The zero-order valence-electron chi connectivity index (χ0n) is 21.8. The van der Waals surface area contributed by atoms with E-state index in [9.17, 15) is 14.4 Å². The summed E-state index contributed by atoms with van der Waals surface area (Å²) in [7, 11) is 1.47. The summed E-state index contributed by atoms with van der Waals surface area (Å²) in [4.78, 5) is 49.8. The topological polar surface area (TPSA) is 172 Å². The number of fused-ring (bicyclic) bond motifs is 1. The summed E-state index contributed by atoms with van der Waals surface area (Å²) in [5, 5.41) is 9.99. The first kappa shape index (κ1) is 27.0. The molecule has 1 aromatic carbocycles. The largest absolute Gasteiger partial charge is 0.494 e. The van der Waals surface area contributed by atoms with Crippen molar-refractivity contribution in [2.24, 2.45) is 5.73 Å². The van der Waals surface area contributed by atoms with Gasteiger partial charge in [0.25, 0.3) is 5.91 Å². The molecule has 0 aliphatic heterocycles. The monoisotopic (exact) mass is 531 g/mol. The van der Waals surface area contributed by atoms with Crippen LogP contribution in [0.5, 0.6) is 5.75 Å². The number of primary amides is 1. The van der Waals surface area contributed by atoms with Crippen molar-refractivity contribution < 1.29 is 19.1 Å². The maximum atomic E-state index is 13.2. The van der Waals surface area contributed by atoms with Crippen molar-refractivity contribution in [2.45, 2.75) is 33.4 Å². The molecule has 3 heterocycles. The zero-order valence-corrected chi connectivity index (χ0v) is 21.8. The summed E-state index contributed by atoms with van der Waals surface area (Å²) in [6.07, 6.45) is 8.35. The van der Waals surface area contributed by atoms with Crippen LogP contribution in [0.15, 0.2) is 48.9 Å². The predicted molar refractivity (Wildman–Crippen MR) is 143 cm³/mol. The Bertz CT molecular complexity index is 1540. The number of aryl methyl sites for hydroxylation is 2. The molecule has 202 valence electrons. The number of aromatic nitrogens is 6. The van der Waals surface area contributed by atoms with Crippen molar-refractivity contribution >= 4 is 34.7 Å². The highest BCUT2D eigenvalue weighted by Crippen LogP contribution is 2.31. The minimum atomic E-state index is -0.630. The Balaban J connectivity index is 1.58. The van der Waals surface area contributed by atoms with E-state index >= 15 is 0 Å². The number of methoxy groups -OCH3 is 1. The molecule has 0 aliphatic rings. The van der Waals surface area contributed by atoms with Crippen LogP contribution in [0, 0.1) is 6.92 Å². The molecule has 4 aromatic rings. The molecule has 0 bridgehead atoms. The molecule has 13 heteroatoms. The van der Waals surface area contributed by atoms with Crippen LogP contribution in [0.1, 0.15) is 39.2 Å². The van der Waals surface area contributed by atoms with Gasteiger partial charge in [0.15, 0.2) is 0 Å². The van der Waals surface area contributed by atoms with Crippen LogP contribution in [0.25, 0.3) is 11.0 Å². The number of anilines is 1. The van der Waals surface area contributed by atoms with E-state index in [4.69, 9.17) is 10.5 Å². The Morgan fingerprint density at radius 3 is 2.67 bits per heavy atom. The molecule has 0 radical (unpaired) electrons. The van der Waals surface area contributed by atoms with E-state index in [1.54, 1.807) is 39.9 Å². The van der Waals surface area contributed by atoms with Gasteiger partial charge in [-0.15, -0.1) is 0 Å². The van der Waals surface area contributed by atoms with E-state index in [1.807, 2.05) is 19.9 Å². The second-order valence-electron chi connectivity index (χ2n) is 8.55. The van der Waals surface area contributed by atoms with Crippen molar-refractivity contribution in [3.05, 3.63) is 71.6 Å². The molecule has 4 N–H and O–H groups in total. The lowest BCUT2D eigenvalue weighted by Gasteiger charge is -2.11. The molecule has 0 saturated heterocycles. The van der Waals surface area contributed by atoms with Crippen LogP contribution in [0.3, 0.4) is 0 Å². The van der Waals surface area contributed by atoms with Crippen LogP contribution in [0.4, 0.5) is 5.95 Å². The van der Waals surface area contributed by atoms with Gasteiger partial charge in [-0.1, -0.05) is 12.2 Å². The van der Waals surface area contributed by atoms with Gasteiger partial charge in [-0.05, 0) is 32.0 Å². The maximum absolute atomic E-state index is 13.2. The van der Waals surface area contributed by atoms with E-state index < -0.39 is 5.91 Å². The van der Waals surface area contributed by atoms with Gasteiger partial charge in [-0.2, -0.15) is 5.10 Å². The maximum Gasteiger partial charge on any atom is 0.276 e. The second kappa shape index (κ2) is 12.0. The first-order valence-corrected chi connectivity index (χ1v) is 12.2. The van der Waals surface area contributed by atoms with Gasteiger partial charge in [0.2, 0.25) is 17.8 Å². The fourth-order valence-corrected chi connectivity index (χ4v) is 4.02. The molecule has 0 atom stereocenters. The van der Waals surface area contributed by atoms with Crippen LogP contribution >= 0.6 is 0 Å². The number of allylic oxidation sites excluding steroid dienone is 1. The van der Waals surface area contributed by atoms with E-state index in [0.29, 0.717) is 40.4 Å². The van der Waals surface area contributed by atoms with E-state index in [2.05, 4.69) is 30.7 Å². The third kappa shape index (κ3) is 6.26. The van der Waals surface area contributed by atoms with Crippen molar-refractivity contribution in [3.63, 3.8) is 0 Å². The number of imidazole rings is 1. The summed E-state index contributed by atoms with van der Waals surface area (Å²) in [6.45, 7) is 4.79. The number of ether oxygens (including phenoxy) is 1. The Morgan fingerprint density at radius 2 is 1.97 bits per heavy atom. The molecule has 0 spiro atoms. The quantitative estimate of drug-likeness (QED) is 0.245. The first-order valence-electron chi connectivity index (χ1n) is 12.2. The molecule has 39 heavy (non-hydrogen) atoms. The highest BCUT2D eigenvalue weighted by atomic mass is 16.5. The van der Waals surface area contributed by atoms with Crippen LogP contribution < -0.4 is 21.1 Å². The van der Waals surface area contributed by atoms with Gasteiger partial charge in [0, 0.05) is 43.8 Å². The number of nitrogens with two attached hydrogens (primary N) is 1. The number of benzene rings is 1. The van der Waals surface area contributed by atoms with Gasteiger partial charge in [-0.25, -0.2) is 4.98 Å². The summed E-state index contributed by atoms with van der Waals surface area (Å²) in [6, 6.07) is 4.77. The molecule has 3 amide bonds. The number of nitrogens with zero attached hydrogens (tertiary/aromatic N) is 6. The van der Waals surface area contributed by atoms with Gasteiger partial charge in [0.05, 0.1) is 30.4 Å². The van der Waals surface area contributed by atoms with Crippen molar-refractivity contribution in [3.8, 4) is 5.75 Å². The number of hydrogen-bond donors (Lipinski definition) is 3. The number of rotatable bonds is 11. The molecular weight excluding hydrogens is 502 g/mol. The van der Waals surface area contributed by atoms with Gasteiger partial charge in [-0.3, -0.25) is 34.4 Å². The lowest BCUT2D eigenvalue weighted by atomic mass is 10.1. The Kier molecular flexibility index (Phi) is 8.29. The molecule has 13 nitrogen and oxygen atoms in total. The summed E-state index contributed by atoms with van der Waals surface area (Å²) in [5.74, 6) is -0.593. The number of carbonyl (C=O) groups excluding carboxylic acids is 3. The molecule has 0 fully saturated rings. The first-order chi connectivity index (χ1) is 18.8. The molecular formula is C26H29N9O4. The predicted octanol–water partition coefficient (Wildman–Crippen LogP) is 1.63. The molecule has 4 rings (SSSR count). The number of nitrogens with one attached hydrogen (secondary N) is 2. The SMILES string of the molecule is CCn1nc(C)cc1C(=O)Nc1nc2cc(C(N)=O)cc(OC)c2n1C/C=C/CNC(=O)Cc1cnccn1. The normalized spacial score (nSPS) is 11.2. The number of hydrogen-bond acceptors (Lipinski definition) is 8. The summed E-state index contributed by atoms with van der Waals surface area (Å²) >= 11 is 0. The Morgan fingerprint density at radius 1 is 1.15 bits per heavy atom. The molecule has 0 aliphatic carbocycles. The van der Waals surface area contributed by atoms with Gasteiger partial charge < -0.3 is 20.4 Å². The van der Waals surface area contributed by atoms with E-state index in [0.717, 1.165) is 0 Å². The third-order valence-corrected chi connectivity index (χ3v) is 5.80.